The topological polar surface area (TPSA) is 48.7 Å². The highest BCUT2D eigenvalue weighted by molar-refractivity contribution is 9.10. The van der Waals surface area contributed by atoms with E-state index in [0.29, 0.717) is 15.6 Å². The van der Waals surface area contributed by atoms with E-state index in [1.807, 2.05) is 6.07 Å². The molecule has 4 nitrogen and oxygen atoms in total. The minimum Gasteiger partial charge on any atom is -0.489 e. The third-order valence-corrected chi connectivity index (χ3v) is 4.58. The molecule has 1 aromatic heterocycles. The standard InChI is InChI=1S/C20H16BrF3O4/c1-2-26-18(25)9-13-3-4-15(20(22,23)24)10-17(13)28-11-12-7-14-5-6-27-19(14)16(21)8-12/h3-8,10H,2,9,11H2,1H3. The van der Waals surface area contributed by atoms with Gasteiger partial charge in [-0.3, -0.25) is 4.79 Å². The summed E-state index contributed by atoms with van der Waals surface area (Å²) >= 11 is 3.40. The van der Waals surface area contributed by atoms with Gasteiger partial charge < -0.3 is 13.9 Å². The number of carbonyl (C=O) groups excluding carboxylic acids is 1. The van der Waals surface area contributed by atoms with E-state index in [0.717, 1.165) is 23.1 Å². The van der Waals surface area contributed by atoms with E-state index >= 15 is 0 Å². The second kappa shape index (κ2) is 8.26. The Bertz CT molecular complexity index is 995. The average Bonchev–Trinajstić information content (AvgIpc) is 3.09. The predicted octanol–water partition coefficient (Wildman–Crippen LogP) is 5.90. The molecule has 3 rings (SSSR count). The van der Waals surface area contributed by atoms with Gasteiger partial charge in [0.15, 0.2) is 0 Å². The van der Waals surface area contributed by atoms with E-state index < -0.39 is 17.7 Å². The molecule has 8 heteroatoms. The van der Waals surface area contributed by atoms with Crippen LogP contribution in [0, 0.1) is 0 Å². The summed E-state index contributed by atoms with van der Waals surface area (Å²) in [6.07, 6.45) is -3.14. The first-order valence-corrected chi connectivity index (χ1v) is 9.21. The van der Waals surface area contributed by atoms with Gasteiger partial charge in [-0.2, -0.15) is 13.2 Å². The first kappa shape index (κ1) is 20.3. The molecule has 0 amide bonds. The Balaban J connectivity index is 1.87. The zero-order valence-electron chi connectivity index (χ0n) is 14.8. The Morgan fingerprint density at radius 2 is 1.96 bits per heavy atom. The molecule has 0 aliphatic heterocycles. The number of esters is 1. The average molecular weight is 457 g/mol. The molecule has 0 radical (unpaired) electrons. The molecule has 0 atom stereocenters. The molecular weight excluding hydrogens is 441 g/mol. The molecule has 0 saturated carbocycles. The maximum atomic E-state index is 13.1. The monoisotopic (exact) mass is 456 g/mol. The largest absolute Gasteiger partial charge is 0.489 e. The van der Waals surface area contributed by atoms with Gasteiger partial charge in [0, 0.05) is 10.9 Å². The number of furan rings is 1. The van der Waals surface area contributed by atoms with Crippen LogP contribution < -0.4 is 4.74 Å². The quantitative estimate of drug-likeness (QED) is 0.433. The van der Waals surface area contributed by atoms with Gasteiger partial charge in [-0.05, 0) is 58.7 Å². The van der Waals surface area contributed by atoms with Crippen LogP contribution >= 0.6 is 15.9 Å². The Hall–Kier alpha value is -2.48. The molecule has 2 aromatic carbocycles. The van der Waals surface area contributed by atoms with Crippen molar-refractivity contribution in [2.75, 3.05) is 6.61 Å². The van der Waals surface area contributed by atoms with Crippen LogP contribution in [0.25, 0.3) is 11.0 Å². The van der Waals surface area contributed by atoms with Crippen LogP contribution in [0.4, 0.5) is 13.2 Å². The van der Waals surface area contributed by atoms with Crippen molar-refractivity contribution in [3.63, 3.8) is 0 Å². The van der Waals surface area contributed by atoms with Gasteiger partial charge >= 0.3 is 12.1 Å². The lowest BCUT2D eigenvalue weighted by molar-refractivity contribution is -0.142. The van der Waals surface area contributed by atoms with Gasteiger partial charge in [-0.15, -0.1) is 0 Å². The molecule has 0 spiro atoms. The predicted molar refractivity (Wildman–Crippen MR) is 100 cm³/mol. The molecule has 0 bridgehead atoms. The SMILES string of the molecule is CCOC(=O)Cc1ccc(C(F)(F)F)cc1OCc1cc(Br)c2occc2c1. The summed E-state index contributed by atoms with van der Waals surface area (Å²) in [4.78, 5) is 11.8. The number of ether oxygens (including phenoxy) is 2. The fourth-order valence-electron chi connectivity index (χ4n) is 2.72. The summed E-state index contributed by atoms with van der Waals surface area (Å²) < 4.78 is 55.8. The van der Waals surface area contributed by atoms with Crippen molar-refractivity contribution in [3.8, 4) is 5.75 Å². The highest BCUT2D eigenvalue weighted by atomic mass is 79.9. The first-order valence-electron chi connectivity index (χ1n) is 8.42. The lowest BCUT2D eigenvalue weighted by Crippen LogP contribution is -2.11. The van der Waals surface area contributed by atoms with E-state index in [1.165, 1.54) is 6.07 Å². The number of benzene rings is 2. The number of hydrogen-bond donors (Lipinski definition) is 0. The summed E-state index contributed by atoms with van der Waals surface area (Å²) in [7, 11) is 0. The molecule has 0 N–H and O–H groups in total. The molecule has 3 aromatic rings. The molecule has 0 saturated heterocycles. The number of hydrogen-bond acceptors (Lipinski definition) is 4. The van der Waals surface area contributed by atoms with Gasteiger partial charge in [0.1, 0.15) is 17.9 Å². The molecule has 0 aliphatic carbocycles. The van der Waals surface area contributed by atoms with Gasteiger partial charge in [-0.25, -0.2) is 0 Å². The van der Waals surface area contributed by atoms with Gasteiger partial charge in [-0.1, -0.05) is 6.07 Å². The zero-order valence-corrected chi connectivity index (χ0v) is 16.4. The summed E-state index contributed by atoms with van der Waals surface area (Å²) in [5, 5.41) is 0.837. The molecule has 0 aliphatic rings. The lowest BCUT2D eigenvalue weighted by atomic mass is 10.1. The lowest BCUT2D eigenvalue weighted by Gasteiger charge is -2.15. The maximum Gasteiger partial charge on any atom is 0.416 e. The summed E-state index contributed by atoms with van der Waals surface area (Å²) in [5.74, 6) is -0.541. The van der Waals surface area contributed by atoms with Crippen molar-refractivity contribution in [3.05, 3.63) is 63.8 Å². The second-order valence-electron chi connectivity index (χ2n) is 6.01. The first-order chi connectivity index (χ1) is 13.3. The van der Waals surface area contributed by atoms with Crippen LogP contribution in [0.15, 0.2) is 51.6 Å². The van der Waals surface area contributed by atoms with Gasteiger partial charge in [0.25, 0.3) is 0 Å². The fourth-order valence-corrected chi connectivity index (χ4v) is 3.34. The molecule has 0 fully saturated rings. The highest BCUT2D eigenvalue weighted by Crippen LogP contribution is 2.34. The number of rotatable bonds is 6. The number of alkyl halides is 3. The van der Waals surface area contributed by atoms with Crippen LogP contribution in [-0.2, 0) is 28.7 Å². The van der Waals surface area contributed by atoms with Crippen molar-refractivity contribution in [2.24, 2.45) is 0 Å². The van der Waals surface area contributed by atoms with Gasteiger partial charge in [0.05, 0.1) is 29.3 Å². The van der Waals surface area contributed by atoms with E-state index in [1.54, 1.807) is 25.3 Å². The molecule has 28 heavy (non-hydrogen) atoms. The number of carbonyl (C=O) groups is 1. The minimum atomic E-state index is -4.51. The minimum absolute atomic E-state index is 0.00806. The number of fused-ring (bicyclic) bond motifs is 1. The van der Waals surface area contributed by atoms with Crippen LogP contribution in [-0.4, -0.2) is 12.6 Å². The second-order valence-corrected chi connectivity index (χ2v) is 6.86. The van der Waals surface area contributed by atoms with E-state index in [2.05, 4.69) is 15.9 Å². The van der Waals surface area contributed by atoms with Gasteiger partial charge in [0.2, 0.25) is 0 Å². The molecule has 0 unspecified atom stereocenters. The Morgan fingerprint density at radius 3 is 2.68 bits per heavy atom. The molecule has 1 heterocycles. The summed E-state index contributed by atoms with van der Waals surface area (Å²) in [6.45, 7) is 1.87. The molecule has 148 valence electrons. The third-order valence-electron chi connectivity index (χ3n) is 3.99. The number of halogens is 4. The summed E-state index contributed by atoms with van der Waals surface area (Å²) in [6, 6.07) is 8.44. The van der Waals surface area contributed by atoms with Crippen LogP contribution in [0.1, 0.15) is 23.6 Å². The highest BCUT2D eigenvalue weighted by Gasteiger charge is 2.31. The van der Waals surface area contributed by atoms with Crippen molar-refractivity contribution in [1.29, 1.82) is 0 Å². The van der Waals surface area contributed by atoms with Crippen LogP contribution in [0.3, 0.4) is 0 Å². The Morgan fingerprint density at radius 1 is 1.18 bits per heavy atom. The molecular formula is C20H16BrF3O4. The summed E-state index contributed by atoms with van der Waals surface area (Å²) in [5.41, 5.74) is 0.891. The van der Waals surface area contributed by atoms with E-state index in [-0.39, 0.29) is 25.4 Å². The van der Waals surface area contributed by atoms with Crippen molar-refractivity contribution in [2.45, 2.75) is 26.1 Å². The van der Waals surface area contributed by atoms with E-state index in [9.17, 15) is 18.0 Å². The zero-order chi connectivity index (χ0) is 20.3. The third kappa shape index (κ3) is 4.67. The fraction of sp³-hybridized carbons (Fsp3) is 0.250. The van der Waals surface area contributed by atoms with E-state index in [4.69, 9.17) is 13.9 Å². The maximum absolute atomic E-state index is 13.1. The van der Waals surface area contributed by atoms with Crippen molar-refractivity contribution < 1.29 is 31.9 Å². The Labute approximate surface area is 167 Å². The van der Waals surface area contributed by atoms with Crippen molar-refractivity contribution in [1.82, 2.24) is 0 Å². The normalized spacial score (nSPS) is 11.6. The smallest absolute Gasteiger partial charge is 0.416 e. The van der Waals surface area contributed by atoms with Crippen LogP contribution in [0.2, 0.25) is 0 Å². The Kier molecular flexibility index (Phi) is 5.98. The van der Waals surface area contributed by atoms with Crippen LogP contribution in [0.5, 0.6) is 5.75 Å². The van der Waals surface area contributed by atoms with Crippen molar-refractivity contribution >= 4 is 32.9 Å².